The molecule has 4 nitrogen and oxygen atoms in total. The zero-order valence-electron chi connectivity index (χ0n) is 7.71. The average molecular weight is 187 g/mol. The molecule has 14 heavy (non-hydrogen) atoms. The SMILES string of the molecule is Cn1ccc(-c2ccc(C=O)nn2)c1. The highest BCUT2D eigenvalue weighted by Crippen LogP contribution is 2.15. The lowest BCUT2D eigenvalue weighted by Crippen LogP contribution is -1.91. The van der Waals surface area contributed by atoms with Gasteiger partial charge in [0.15, 0.2) is 6.29 Å². The van der Waals surface area contributed by atoms with Crippen molar-refractivity contribution in [3.05, 3.63) is 36.3 Å². The van der Waals surface area contributed by atoms with Gasteiger partial charge in [-0.15, -0.1) is 10.2 Å². The Morgan fingerprint density at radius 1 is 1.29 bits per heavy atom. The lowest BCUT2D eigenvalue weighted by molar-refractivity contribution is 0.111. The minimum Gasteiger partial charge on any atom is -0.357 e. The number of hydrogen-bond donors (Lipinski definition) is 0. The third kappa shape index (κ3) is 1.54. The van der Waals surface area contributed by atoms with Gasteiger partial charge in [-0.25, -0.2) is 0 Å². The van der Waals surface area contributed by atoms with Crippen LogP contribution in [0.2, 0.25) is 0 Å². The number of carbonyl (C=O) groups is 1. The van der Waals surface area contributed by atoms with E-state index in [1.54, 1.807) is 12.1 Å². The van der Waals surface area contributed by atoms with E-state index in [1.807, 2.05) is 30.1 Å². The zero-order chi connectivity index (χ0) is 9.97. The zero-order valence-corrected chi connectivity index (χ0v) is 7.71. The molecule has 0 N–H and O–H groups in total. The van der Waals surface area contributed by atoms with Crippen LogP contribution in [0.15, 0.2) is 30.6 Å². The smallest absolute Gasteiger partial charge is 0.170 e. The molecule has 0 unspecified atom stereocenters. The van der Waals surface area contributed by atoms with E-state index in [4.69, 9.17) is 0 Å². The van der Waals surface area contributed by atoms with Crippen molar-refractivity contribution >= 4 is 6.29 Å². The van der Waals surface area contributed by atoms with Gasteiger partial charge in [-0.1, -0.05) is 0 Å². The third-order valence-electron chi connectivity index (χ3n) is 1.93. The Labute approximate surface area is 81.2 Å². The van der Waals surface area contributed by atoms with E-state index in [2.05, 4.69) is 10.2 Å². The lowest BCUT2D eigenvalue weighted by Gasteiger charge is -1.94. The van der Waals surface area contributed by atoms with Gasteiger partial charge in [0.1, 0.15) is 5.69 Å². The summed E-state index contributed by atoms with van der Waals surface area (Å²) < 4.78 is 1.94. The standard InChI is InChI=1S/C10H9N3O/c1-13-5-4-8(6-13)10-3-2-9(7-14)11-12-10/h2-7H,1H3. The second-order valence-electron chi connectivity index (χ2n) is 3.03. The molecule has 0 aliphatic rings. The number of rotatable bonds is 2. The molecule has 70 valence electrons. The van der Waals surface area contributed by atoms with Crippen molar-refractivity contribution in [1.29, 1.82) is 0 Å². The molecule has 0 amide bonds. The molecule has 0 aliphatic heterocycles. The van der Waals surface area contributed by atoms with Gasteiger partial charge in [0.2, 0.25) is 0 Å². The van der Waals surface area contributed by atoms with Crippen molar-refractivity contribution in [2.45, 2.75) is 0 Å². The minimum atomic E-state index is 0.352. The second kappa shape index (κ2) is 3.41. The van der Waals surface area contributed by atoms with E-state index in [0.717, 1.165) is 11.3 Å². The first-order valence-electron chi connectivity index (χ1n) is 4.21. The van der Waals surface area contributed by atoms with E-state index >= 15 is 0 Å². The first kappa shape index (κ1) is 8.62. The highest BCUT2D eigenvalue weighted by atomic mass is 16.1. The summed E-state index contributed by atoms with van der Waals surface area (Å²) in [6, 6.07) is 5.39. The van der Waals surface area contributed by atoms with Crippen LogP contribution in [0.1, 0.15) is 10.5 Å². The topological polar surface area (TPSA) is 47.8 Å². The molecule has 0 bridgehead atoms. The maximum absolute atomic E-state index is 10.4. The summed E-state index contributed by atoms with van der Waals surface area (Å²) in [5.74, 6) is 0. The van der Waals surface area contributed by atoms with Gasteiger partial charge in [-0.05, 0) is 18.2 Å². The monoisotopic (exact) mass is 187 g/mol. The van der Waals surface area contributed by atoms with E-state index < -0.39 is 0 Å². The molecule has 0 aliphatic carbocycles. The van der Waals surface area contributed by atoms with Crippen molar-refractivity contribution in [2.24, 2.45) is 7.05 Å². The van der Waals surface area contributed by atoms with Gasteiger partial charge in [0, 0.05) is 25.0 Å². The van der Waals surface area contributed by atoms with Gasteiger partial charge in [-0.2, -0.15) is 0 Å². The number of nitrogens with zero attached hydrogens (tertiary/aromatic N) is 3. The molecular formula is C10H9N3O. The molecule has 2 heterocycles. The maximum atomic E-state index is 10.4. The fourth-order valence-corrected chi connectivity index (χ4v) is 1.21. The summed E-state index contributed by atoms with van der Waals surface area (Å²) in [5.41, 5.74) is 2.12. The first-order chi connectivity index (χ1) is 6.79. The van der Waals surface area contributed by atoms with E-state index in [-0.39, 0.29) is 0 Å². The highest BCUT2D eigenvalue weighted by molar-refractivity contribution is 5.72. The van der Waals surface area contributed by atoms with Crippen LogP contribution in [0.5, 0.6) is 0 Å². The Morgan fingerprint density at radius 2 is 2.14 bits per heavy atom. The molecule has 0 atom stereocenters. The Bertz CT molecular complexity index is 445. The Hall–Kier alpha value is -1.97. The van der Waals surface area contributed by atoms with Crippen molar-refractivity contribution in [3.8, 4) is 11.3 Å². The Balaban J connectivity index is 2.38. The largest absolute Gasteiger partial charge is 0.357 e. The number of hydrogen-bond acceptors (Lipinski definition) is 3. The highest BCUT2D eigenvalue weighted by Gasteiger charge is 2.01. The van der Waals surface area contributed by atoms with E-state index in [0.29, 0.717) is 12.0 Å². The normalized spacial score (nSPS) is 10.1. The fraction of sp³-hybridized carbons (Fsp3) is 0.100. The van der Waals surface area contributed by atoms with Gasteiger partial charge >= 0.3 is 0 Å². The van der Waals surface area contributed by atoms with Crippen molar-refractivity contribution in [3.63, 3.8) is 0 Å². The van der Waals surface area contributed by atoms with Gasteiger partial charge in [0.05, 0.1) is 5.69 Å². The van der Waals surface area contributed by atoms with Crippen molar-refractivity contribution < 1.29 is 4.79 Å². The molecule has 4 heteroatoms. The number of carbonyl (C=O) groups excluding carboxylic acids is 1. The molecule has 2 aromatic rings. The summed E-state index contributed by atoms with van der Waals surface area (Å²) in [4.78, 5) is 10.4. The van der Waals surface area contributed by atoms with Gasteiger partial charge in [0.25, 0.3) is 0 Å². The van der Waals surface area contributed by atoms with Crippen molar-refractivity contribution in [1.82, 2.24) is 14.8 Å². The molecule has 0 saturated heterocycles. The Morgan fingerprint density at radius 3 is 2.64 bits per heavy atom. The van der Waals surface area contributed by atoms with Crippen LogP contribution >= 0.6 is 0 Å². The molecule has 2 aromatic heterocycles. The quantitative estimate of drug-likeness (QED) is 0.665. The molecule has 0 fully saturated rings. The van der Waals surface area contributed by atoms with Crippen LogP contribution in [0.4, 0.5) is 0 Å². The molecule has 0 radical (unpaired) electrons. The summed E-state index contributed by atoms with van der Waals surface area (Å²) in [7, 11) is 1.94. The third-order valence-corrected chi connectivity index (χ3v) is 1.93. The van der Waals surface area contributed by atoms with E-state index in [9.17, 15) is 4.79 Å². The summed E-state index contributed by atoms with van der Waals surface area (Å²) in [5, 5.41) is 7.69. The van der Waals surface area contributed by atoms with Crippen LogP contribution in [0.3, 0.4) is 0 Å². The summed E-state index contributed by atoms with van der Waals surface area (Å²) >= 11 is 0. The second-order valence-corrected chi connectivity index (χ2v) is 3.03. The predicted octanol–water partition coefficient (Wildman–Crippen LogP) is 1.29. The summed E-state index contributed by atoms with van der Waals surface area (Å²) in [6.07, 6.45) is 4.57. The van der Waals surface area contributed by atoms with Crippen LogP contribution in [0, 0.1) is 0 Å². The lowest BCUT2D eigenvalue weighted by atomic mass is 10.2. The van der Waals surface area contributed by atoms with Gasteiger partial charge < -0.3 is 4.57 Å². The number of aryl methyl sites for hydroxylation is 1. The average Bonchev–Trinajstić information content (AvgIpc) is 2.65. The molecule has 0 saturated carbocycles. The number of aromatic nitrogens is 3. The molecular weight excluding hydrogens is 178 g/mol. The first-order valence-corrected chi connectivity index (χ1v) is 4.21. The predicted molar refractivity (Wildman–Crippen MR) is 51.8 cm³/mol. The number of aldehydes is 1. The van der Waals surface area contributed by atoms with Crippen LogP contribution in [-0.2, 0) is 7.05 Å². The van der Waals surface area contributed by atoms with Gasteiger partial charge in [-0.3, -0.25) is 4.79 Å². The fourth-order valence-electron chi connectivity index (χ4n) is 1.21. The molecule has 0 spiro atoms. The van der Waals surface area contributed by atoms with E-state index in [1.165, 1.54) is 0 Å². The van der Waals surface area contributed by atoms with Crippen LogP contribution in [-0.4, -0.2) is 21.1 Å². The minimum absolute atomic E-state index is 0.352. The molecule has 0 aromatic carbocycles. The molecule has 2 rings (SSSR count). The Kier molecular flexibility index (Phi) is 2.10. The maximum Gasteiger partial charge on any atom is 0.170 e. The summed E-state index contributed by atoms with van der Waals surface area (Å²) in [6.45, 7) is 0. The van der Waals surface area contributed by atoms with Crippen LogP contribution in [0.25, 0.3) is 11.3 Å². The van der Waals surface area contributed by atoms with Crippen LogP contribution < -0.4 is 0 Å². The van der Waals surface area contributed by atoms with Crippen molar-refractivity contribution in [2.75, 3.05) is 0 Å².